The van der Waals surface area contributed by atoms with Crippen LogP contribution in [0.2, 0.25) is 10.0 Å². The predicted molar refractivity (Wildman–Crippen MR) is 88.0 cm³/mol. The first-order chi connectivity index (χ1) is 8.77. The summed E-state index contributed by atoms with van der Waals surface area (Å²) >= 11 is 11.9. The van der Waals surface area contributed by atoms with E-state index in [9.17, 15) is 4.79 Å². The van der Waals surface area contributed by atoms with Crippen molar-refractivity contribution in [1.29, 1.82) is 0 Å². The van der Waals surface area contributed by atoms with Gasteiger partial charge in [0, 0.05) is 12.5 Å². The fraction of sp³-hybridized carbons (Fsp3) is 0.500. The highest BCUT2D eigenvalue weighted by molar-refractivity contribution is 6.42. The summed E-state index contributed by atoms with van der Waals surface area (Å²) in [6.45, 7) is 6.41. The molecule has 0 spiro atoms. The second kappa shape index (κ2) is 8.08. The highest BCUT2D eigenvalue weighted by atomic mass is 35.5. The van der Waals surface area contributed by atoms with Crippen LogP contribution in [0, 0.1) is 5.92 Å². The number of benzene rings is 1. The first-order valence-electron chi connectivity index (χ1n) is 6.20. The maximum Gasteiger partial charge on any atom is 0.224 e. The minimum Gasteiger partial charge on any atom is -0.347 e. The van der Waals surface area contributed by atoms with E-state index in [4.69, 9.17) is 23.2 Å². The summed E-state index contributed by atoms with van der Waals surface area (Å²) in [6.07, 6.45) is 0. The highest BCUT2D eigenvalue weighted by Crippen LogP contribution is 2.28. The molecular weight excluding hydrogens is 319 g/mol. The van der Waals surface area contributed by atoms with E-state index in [1.807, 2.05) is 33.9 Å². The zero-order valence-corrected chi connectivity index (χ0v) is 14.4. The molecule has 0 heterocycles. The van der Waals surface area contributed by atoms with Gasteiger partial charge in [0.2, 0.25) is 5.91 Å². The Hall–Kier alpha value is -0.480. The van der Waals surface area contributed by atoms with Gasteiger partial charge in [-0.2, -0.15) is 0 Å². The molecule has 1 aromatic rings. The number of hydrogen-bond donors (Lipinski definition) is 2. The summed E-state index contributed by atoms with van der Waals surface area (Å²) in [5, 5.41) is 7.02. The highest BCUT2D eigenvalue weighted by Gasteiger charge is 2.25. The fourth-order valence-corrected chi connectivity index (χ4v) is 2.09. The van der Waals surface area contributed by atoms with E-state index in [0.29, 0.717) is 16.6 Å². The maximum absolute atomic E-state index is 12.1. The van der Waals surface area contributed by atoms with Crippen molar-refractivity contribution in [3.8, 4) is 0 Å². The monoisotopic (exact) mass is 338 g/mol. The second-order valence-electron chi connectivity index (χ2n) is 5.20. The fourth-order valence-electron chi connectivity index (χ4n) is 1.79. The number of halogens is 3. The molecule has 6 heteroatoms. The summed E-state index contributed by atoms with van der Waals surface area (Å²) in [5.41, 5.74) is 0.430. The van der Waals surface area contributed by atoms with Gasteiger partial charge in [0.15, 0.2) is 0 Å². The number of carbonyl (C=O) groups is 1. The molecule has 1 aromatic carbocycles. The number of hydrogen-bond acceptors (Lipinski definition) is 2. The van der Waals surface area contributed by atoms with Gasteiger partial charge in [-0.1, -0.05) is 36.2 Å². The third-order valence-electron chi connectivity index (χ3n) is 3.03. The molecule has 3 nitrogen and oxygen atoms in total. The van der Waals surface area contributed by atoms with E-state index in [-0.39, 0.29) is 24.2 Å². The van der Waals surface area contributed by atoms with Gasteiger partial charge in [0.05, 0.1) is 15.6 Å². The molecule has 1 atom stereocenters. The molecule has 0 bridgehead atoms. The Kier molecular flexibility index (Phi) is 7.89. The average Bonchev–Trinajstić information content (AvgIpc) is 2.32. The lowest BCUT2D eigenvalue weighted by Gasteiger charge is -2.29. The van der Waals surface area contributed by atoms with Crippen LogP contribution in [0.4, 0.5) is 0 Å². The van der Waals surface area contributed by atoms with E-state index in [1.165, 1.54) is 0 Å². The van der Waals surface area contributed by atoms with Crippen molar-refractivity contribution < 1.29 is 4.79 Å². The Balaban J connectivity index is 0.00000361. The van der Waals surface area contributed by atoms with Gasteiger partial charge >= 0.3 is 0 Å². The Morgan fingerprint density at radius 3 is 2.40 bits per heavy atom. The molecule has 1 unspecified atom stereocenters. The molecule has 1 rings (SSSR count). The van der Waals surface area contributed by atoms with Gasteiger partial charge in [-0.05, 0) is 38.6 Å². The molecule has 1 amide bonds. The Labute approximate surface area is 136 Å². The largest absolute Gasteiger partial charge is 0.347 e. The van der Waals surface area contributed by atoms with Crippen LogP contribution in [-0.4, -0.2) is 19.5 Å². The summed E-state index contributed by atoms with van der Waals surface area (Å²) in [7, 11) is 1.83. The van der Waals surface area contributed by atoms with Crippen molar-refractivity contribution in [2.75, 3.05) is 13.6 Å². The van der Waals surface area contributed by atoms with Crippen molar-refractivity contribution >= 4 is 41.5 Å². The van der Waals surface area contributed by atoms with Crippen LogP contribution in [0.3, 0.4) is 0 Å². The lowest BCUT2D eigenvalue weighted by atomic mass is 9.93. The third kappa shape index (κ3) is 5.13. The SMILES string of the molecule is CNCC(C)C(=O)NC(C)(C)c1ccc(Cl)c(Cl)c1.Cl. The van der Waals surface area contributed by atoms with Crippen molar-refractivity contribution in [2.24, 2.45) is 5.92 Å². The zero-order valence-electron chi connectivity index (χ0n) is 12.1. The molecule has 0 radical (unpaired) electrons. The zero-order chi connectivity index (χ0) is 14.6. The second-order valence-corrected chi connectivity index (χ2v) is 6.02. The van der Waals surface area contributed by atoms with Gasteiger partial charge in [0.25, 0.3) is 0 Å². The van der Waals surface area contributed by atoms with E-state index >= 15 is 0 Å². The minimum absolute atomic E-state index is 0. The molecule has 0 fully saturated rings. The molecular formula is C14H21Cl3N2O. The number of carbonyl (C=O) groups excluding carboxylic acids is 1. The smallest absolute Gasteiger partial charge is 0.224 e. The van der Waals surface area contributed by atoms with Gasteiger partial charge in [-0.25, -0.2) is 0 Å². The average molecular weight is 340 g/mol. The molecule has 0 saturated heterocycles. The first-order valence-corrected chi connectivity index (χ1v) is 6.95. The van der Waals surface area contributed by atoms with Crippen LogP contribution in [0.1, 0.15) is 26.3 Å². The third-order valence-corrected chi connectivity index (χ3v) is 3.77. The van der Waals surface area contributed by atoms with E-state index in [1.54, 1.807) is 12.1 Å². The van der Waals surface area contributed by atoms with Crippen molar-refractivity contribution in [2.45, 2.75) is 26.3 Å². The van der Waals surface area contributed by atoms with Crippen LogP contribution in [-0.2, 0) is 10.3 Å². The van der Waals surface area contributed by atoms with Crippen LogP contribution < -0.4 is 10.6 Å². The van der Waals surface area contributed by atoms with Crippen LogP contribution in [0.25, 0.3) is 0 Å². The molecule has 114 valence electrons. The first kappa shape index (κ1) is 19.5. The van der Waals surface area contributed by atoms with Crippen molar-refractivity contribution in [3.05, 3.63) is 33.8 Å². The molecule has 0 aromatic heterocycles. The van der Waals surface area contributed by atoms with E-state index < -0.39 is 5.54 Å². The molecule has 0 aliphatic heterocycles. The van der Waals surface area contributed by atoms with Crippen LogP contribution in [0.5, 0.6) is 0 Å². The summed E-state index contributed by atoms with van der Waals surface area (Å²) < 4.78 is 0. The van der Waals surface area contributed by atoms with Gasteiger partial charge in [0.1, 0.15) is 0 Å². The van der Waals surface area contributed by atoms with Gasteiger partial charge in [-0.15, -0.1) is 12.4 Å². The topological polar surface area (TPSA) is 41.1 Å². The van der Waals surface area contributed by atoms with Gasteiger partial charge in [-0.3, -0.25) is 4.79 Å². The van der Waals surface area contributed by atoms with Crippen molar-refractivity contribution in [1.82, 2.24) is 10.6 Å². The normalized spacial score (nSPS) is 12.5. The maximum atomic E-state index is 12.1. The van der Waals surface area contributed by atoms with Crippen LogP contribution in [0.15, 0.2) is 18.2 Å². The molecule has 2 N–H and O–H groups in total. The molecule has 0 aliphatic rings. The summed E-state index contributed by atoms with van der Waals surface area (Å²) in [5.74, 6) is -0.0857. The number of nitrogens with one attached hydrogen (secondary N) is 2. The Morgan fingerprint density at radius 1 is 1.30 bits per heavy atom. The lowest BCUT2D eigenvalue weighted by Crippen LogP contribution is -2.45. The summed E-state index contributed by atoms with van der Waals surface area (Å²) in [4.78, 5) is 12.1. The van der Waals surface area contributed by atoms with Crippen molar-refractivity contribution in [3.63, 3.8) is 0 Å². The number of rotatable bonds is 5. The van der Waals surface area contributed by atoms with Crippen LogP contribution >= 0.6 is 35.6 Å². The minimum atomic E-state index is -0.493. The van der Waals surface area contributed by atoms with E-state index in [0.717, 1.165) is 5.56 Å². The standard InChI is InChI=1S/C14H20Cl2N2O.ClH/c1-9(8-17-4)13(19)18-14(2,3)10-5-6-11(15)12(16)7-10;/h5-7,9,17H,8H2,1-4H3,(H,18,19);1H. The van der Waals surface area contributed by atoms with E-state index in [2.05, 4.69) is 10.6 Å². The van der Waals surface area contributed by atoms with Gasteiger partial charge < -0.3 is 10.6 Å². The summed E-state index contributed by atoms with van der Waals surface area (Å²) in [6, 6.07) is 5.40. The quantitative estimate of drug-likeness (QED) is 0.860. The predicted octanol–water partition coefficient (Wildman–Crippen LogP) is 3.62. The number of amides is 1. The Bertz CT molecular complexity index is 464. The molecule has 0 aliphatic carbocycles. The lowest BCUT2D eigenvalue weighted by molar-refractivity contribution is -0.126. The Morgan fingerprint density at radius 2 is 1.90 bits per heavy atom. The molecule has 0 saturated carbocycles. The molecule has 20 heavy (non-hydrogen) atoms.